The molecular formula is C61H39N3. The smallest absolute Gasteiger partial charge is 0.164 e. The zero-order chi connectivity index (χ0) is 42.4. The van der Waals surface area contributed by atoms with Crippen molar-refractivity contribution in [3.05, 3.63) is 237 Å². The molecule has 0 saturated carbocycles. The average molecular weight is 814 g/mol. The van der Waals surface area contributed by atoms with Crippen LogP contribution in [-0.2, 0) is 0 Å². The minimum Gasteiger partial charge on any atom is -0.208 e. The van der Waals surface area contributed by atoms with Gasteiger partial charge in [0.15, 0.2) is 17.5 Å². The number of aromatic nitrogens is 3. The van der Waals surface area contributed by atoms with Gasteiger partial charge in [0, 0.05) is 16.7 Å². The van der Waals surface area contributed by atoms with E-state index < -0.39 is 0 Å². The van der Waals surface area contributed by atoms with Crippen molar-refractivity contribution in [2.45, 2.75) is 0 Å². The van der Waals surface area contributed by atoms with E-state index in [1.54, 1.807) is 0 Å². The van der Waals surface area contributed by atoms with Crippen molar-refractivity contribution in [2.75, 3.05) is 0 Å². The first-order chi connectivity index (χ1) is 31.7. The van der Waals surface area contributed by atoms with Gasteiger partial charge in [-0.2, -0.15) is 0 Å². The number of hydrogen-bond donors (Lipinski definition) is 0. The van der Waals surface area contributed by atoms with Crippen molar-refractivity contribution in [3.63, 3.8) is 0 Å². The van der Waals surface area contributed by atoms with Gasteiger partial charge < -0.3 is 0 Å². The fourth-order valence-corrected chi connectivity index (χ4v) is 9.43. The van der Waals surface area contributed by atoms with E-state index in [1.165, 1.54) is 54.0 Å². The lowest BCUT2D eigenvalue weighted by Gasteiger charge is -2.12. The lowest BCUT2D eigenvalue weighted by Crippen LogP contribution is -2.00. The van der Waals surface area contributed by atoms with E-state index in [4.69, 9.17) is 15.0 Å². The van der Waals surface area contributed by atoms with Crippen molar-refractivity contribution < 1.29 is 0 Å². The monoisotopic (exact) mass is 813 g/mol. The topological polar surface area (TPSA) is 38.7 Å². The summed E-state index contributed by atoms with van der Waals surface area (Å²) in [5.74, 6) is 1.85. The summed E-state index contributed by atoms with van der Waals surface area (Å²) in [6, 6.07) is 84.5. The normalized spacial score (nSPS) is 11.4. The number of rotatable bonds is 5. The number of fused-ring (bicyclic) bond motifs is 11. The van der Waals surface area contributed by atoms with Crippen LogP contribution in [0.25, 0.3) is 121 Å². The van der Waals surface area contributed by atoms with Crippen LogP contribution in [-0.4, -0.2) is 15.0 Å². The van der Waals surface area contributed by atoms with Gasteiger partial charge in [-0.3, -0.25) is 0 Å². The molecule has 0 aliphatic heterocycles. The predicted octanol–water partition coefficient (Wildman–Crippen LogP) is 16.3. The van der Waals surface area contributed by atoms with Crippen LogP contribution >= 0.6 is 0 Å². The number of benzene rings is 10. The van der Waals surface area contributed by atoms with Gasteiger partial charge in [0.25, 0.3) is 0 Å². The third-order valence-corrected chi connectivity index (χ3v) is 12.6. The molecule has 11 aromatic carbocycles. The van der Waals surface area contributed by atoms with Crippen molar-refractivity contribution in [1.82, 2.24) is 15.0 Å². The van der Waals surface area contributed by atoms with E-state index in [9.17, 15) is 0 Å². The first-order valence-corrected chi connectivity index (χ1v) is 21.8. The SMILES string of the molecule is c1ccc(-c2ccc(-c3nc(-c4ccc(-c5cccc6ccccc56)cc4)nc(-c4ccc5c6ccccc6c6ccccc6c6ccccc6c6ccccc6c5c4)n3)cc2)cc1. The molecule has 3 heteroatoms. The Morgan fingerprint density at radius 2 is 0.516 bits per heavy atom. The zero-order valence-corrected chi connectivity index (χ0v) is 34.9. The second-order valence-corrected chi connectivity index (χ2v) is 16.3. The van der Waals surface area contributed by atoms with Crippen molar-refractivity contribution in [3.8, 4) is 56.4 Å². The summed E-state index contributed by atoms with van der Waals surface area (Å²) < 4.78 is 0. The molecule has 298 valence electrons. The minimum atomic E-state index is 0.613. The molecule has 0 fully saturated rings. The largest absolute Gasteiger partial charge is 0.208 e. The third kappa shape index (κ3) is 6.59. The highest BCUT2D eigenvalue weighted by Crippen LogP contribution is 2.38. The summed E-state index contributed by atoms with van der Waals surface area (Å²) in [4.78, 5) is 15.7. The summed E-state index contributed by atoms with van der Waals surface area (Å²) in [6.07, 6.45) is 0. The van der Waals surface area contributed by atoms with Gasteiger partial charge in [-0.15, -0.1) is 0 Å². The van der Waals surface area contributed by atoms with Gasteiger partial charge in [0.2, 0.25) is 0 Å². The summed E-state index contributed by atoms with van der Waals surface area (Å²) >= 11 is 0. The third-order valence-electron chi connectivity index (χ3n) is 12.6. The molecule has 0 spiro atoms. The predicted molar refractivity (Wildman–Crippen MR) is 270 cm³/mol. The van der Waals surface area contributed by atoms with Crippen molar-refractivity contribution in [1.29, 1.82) is 0 Å². The molecule has 1 aromatic heterocycles. The van der Waals surface area contributed by atoms with E-state index >= 15 is 0 Å². The van der Waals surface area contributed by atoms with Crippen LogP contribution in [0.4, 0.5) is 0 Å². The fraction of sp³-hybridized carbons (Fsp3) is 0. The lowest BCUT2D eigenvalue weighted by atomic mass is 9.94. The van der Waals surface area contributed by atoms with Crippen LogP contribution in [0.1, 0.15) is 0 Å². The second-order valence-electron chi connectivity index (χ2n) is 16.3. The van der Waals surface area contributed by atoms with Gasteiger partial charge in [-0.25, -0.2) is 15.0 Å². The Morgan fingerprint density at radius 3 is 1.02 bits per heavy atom. The molecule has 12 aromatic rings. The van der Waals surface area contributed by atoms with Crippen LogP contribution in [0, 0.1) is 0 Å². The molecule has 64 heavy (non-hydrogen) atoms. The molecule has 0 radical (unpaired) electrons. The Bertz CT molecular complexity index is 3740. The summed E-state index contributed by atoms with van der Waals surface area (Å²) in [7, 11) is 0. The quantitative estimate of drug-likeness (QED) is 0.174. The van der Waals surface area contributed by atoms with Gasteiger partial charge in [-0.05, 0) is 93.0 Å². The van der Waals surface area contributed by atoms with Crippen molar-refractivity contribution >= 4 is 64.6 Å². The maximum absolute atomic E-state index is 5.29. The molecule has 0 aliphatic rings. The standard InChI is InChI=1S/C61H39N3/c1-2-15-40(16-3-1)41-29-33-44(34-30-41)59-62-60(45-35-31-43(32-36-45)48-28-14-18-42-17-4-5-19-47(42)48)64-61(63-59)46-37-38-57-55-26-11-10-24-53(55)51-22-7-6-20-49(51)50-21-8-9-23-52(50)54-25-12-13-27-56(54)58(57)39-46/h1-39H. The van der Waals surface area contributed by atoms with Crippen LogP contribution in [0.3, 0.4) is 0 Å². The van der Waals surface area contributed by atoms with E-state index in [0.29, 0.717) is 17.5 Å². The van der Waals surface area contributed by atoms with E-state index in [2.05, 4.69) is 231 Å². The molecule has 0 unspecified atom stereocenters. The average Bonchev–Trinajstić information content (AvgIpc) is 3.38. The summed E-state index contributed by atoms with van der Waals surface area (Å²) in [5, 5.41) is 14.2. The minimum absolute atomic E-state index is 0.613. The second kappa shape index (κ2) is 15.7. The van der Waals surface area contributed by atoms with Crippen LogP contribution in [0.5, 0.6) is 0 Å². The molecule has 0 bridgehead atoms. The Kier molecular flexibility index (Phi) is 9.16. The molecule has 0 aliphatic carbocycles. The zero-order valence-electron chi connectivity index (χ0n) is 34.9. The molecule has 0 atom stereocenters. The number of nitrogens with zero attached hydrogens (tertiary/aromatic N) is 3. The highest BCUT2D eigenvalue weighted by Gasteiger charge is 2.16. The molecule has 0 saturated heterocycles. The number of hydrogen-bond acceptors (Lipinski definition) is 3. The van der Waals surface area contributed by atoms with Crippen LogP contribution in [0.15, 0.2) is 237 Å². The first kappa shape index (κ1) is 37.2. The van der Waals surface area contributed by atoms with Gasteiger partial charge in [0.05, 0.1) is 0 Å². The molecule has 0 N–H and O–H groups in total. The summed E-state index contributed by atoms with van der Waals surface area (Å²) in [6.45, 7) is 0. The first-order valence-electron chi connectivity index (χ1n) is 21.8. The van der Waals surface area contributed by atoms with Crippen LogP contribution < -0.4 is 0 Å². The lowest BCUT2D eigenvalue weighted by molar-refractivity contribution is 1.07. The van der Waals surface area contributed by atoms with E-state index in [0.717, 1.165) is 49.5 Å². The highest BCUT2D eigenvalue weighted by molar-refractivity contribution is 6.26. The van der Waals surface area contributed by atoms with E-state index in [1.807, 2.05) is 6.07 Å². The summed E-state index contributed by atoms with van der Waals surface area (Å²) in [5.41, 5.74) is 7.39. The Hall–Kier alpha value is -8.53. The highest BCUT2D eigenvalue weighted by atomic mass is 15.0. The van der Waals surface area contributed by atoms with Gasteiger partial charge in [-0.1, -0.05) is 231 Å². The fourth-order valence-electron chi connectivity index (χ4n) is 9.43. The molecule has 1 heterocycles. The Balaban J connectivity index is 1.10. The van der Waals surface area contributed by atoms with Gasteiger partial charge >= 0.3 is 0 Å². The van der Waals surface area contributed by atoms with Crippen molar-refractivity contribution in [2.24, 2.45) is 0 Å². The Labute approximate surface area is 371 Å². The van der Waals surface area contributed by atoms with Crippen LogP contribution in [0.2, 0.25) is 0 Å². The molecular weight excluding hydrogens is 775 g/mol. The molecule has 0 amide bonds. The Morgan fingerprint density at radius 1 is 0.188 bits per heavy atom. The van der Waals surface area contributed by atoms with E-state index in [-0.39, 0.29) is 0 Å². The molecule has 3 nitrogen and oxygen atoms in total. The maximum Gasteiger partial charge on any atom is 0.164 e. The van der Waals surface area contributed by atoms with Gasteiger partial charge in [0.1, 0.15) is 0 Å². The maximum atomic E-state index is 5.29. The molecule has 12 rings (SSSR count).